The third-order valence-electron chi connectivity index (χ3n) is 4.36. The molecule has 0 aliphatic heterocycles. The van der Waals surface area contributed by atoms with E-state index in [9.17, 15) is 13.2 Å². The Morgan fingerprint density at radius 1 is 1.32 bits per heavy atom. The summed E-state index contributed by atoms with van der Waals surface area (Å²) >= 11 is 0. The average molecular weight is 282 g/mol. The van der Waals surface area contributed by atoms with E-state index in [4.69, 9.17) is 10.5 Å². The highest BCUT2D eigenvalue weighted by atomic mass is 19.4. The summed E-state index contributed by atoms with van der Waals surface area (Å²) in [4.78, 5) is 1.36. The lowest BCUT2D eigenvalue weighted by Crippen LogP contribution is -2.73. The molecule has 1 fully saturated rings. The van der Waals surface area contributed by atoms with Gasteiger partial charge in [0.2, 0.25) is 0 Å². The second-order valence-electron chi connectivity index (χ2n) is 5.94. The molecule has 114 valence electrons. The van der Waals surface area contributed by atoms with Crippen molar-refractivity contribution in [3.05, 3.63) is 0 Å². The Kier molecular flexibility index (Phi) is 4.91. The molecular formula is C13H25F3N2O. The van der Waals surface area contributed by atoms with Gasteiger partial charge in [0.15, 0.2) is 0 Å². The molecule has 19 heavy (non-hydrogen) atoms. The molecule has 1 saturated carbocycles. The number of nitrogens with zero attached hydrogens (tertiary/aromatic N) is 1. The number of halogens is 3. The Labute approximate surface area is 113 Å². The molecular weight excluding hydrogens is 257 g/mol. The number of ether oxygens (including phenoxy) is 1. The van der Waals surface area contributed by atoms with Crippen LogP contribution in [0.4, 0.5) is 13.2 Å². The molecule has 0 bridgehead atoms. The quantitative estimate of drug-likeness (QED) is 0.813. The SMILES string of the molecule is CCOC1CC(N)(CN(CC)CC(F)(F)F)C1(C)C. The Morgan fingerprint density at radius 2 is 1.89 bits per heavy atom. The van der Waals surface area contributed by atoms with Crippen molar-refractivity contribution in [1.29, 1.82) is 0 Å². The van der Waals surface area contributed by atoms with Crippen molar-refractivity contribution in [3.8, 4) is 0 Å². The van der Waals surface area contributed by atoms with Crippen LogP contribution in [0.15, 0.2) is 0 Å². The maximum absolute atomic E-state index is 12.5. The van der Waals surface area contributed by atoms with Crippen LogP contribution in [0.1, 0.15) is 34.1 Å². The van der Waals surface area contributed by atoms with Gasteiger partial charge in [-0.2, -0.15) is 13.2 Å². The number of alkyl halides is 3. The lowest BCUT2D eigenvalue weighted by Gasteiger charge is -2.60. The number of likely N-dealkylation sites (N-methyl/N-ethyl adjacent to an activating group) is 1. The number of hydrogen-bond acceptors (Lipinski definition) is 3. The summed E-state index contributed by atoms with van der Waals surface area (Å²) in [7, 11) is 0. The minimum absolute atomic E-state index is 0.0343. The van der Waals surface area contributed by atoms with Gasteiger partial charge in [0.1, 0.15) is 0 Å². The van der Waals surface area contributed by atoms with E-state index in [2.05, 4.69) is 0 Å². The number of hydrogen-bond donors (Lipinski definition) is 1. The summed E-state index contributed by atoms with van der Waals surface area (Å²) < 4.78 is 43.0. The van der Waals surface area contributed by atoms with Crippen molar-refractivity contribution in [3.63, 3.8) is 0 Å². The third kappa shape index (κ3) is 3.61. The number of nitrogens with two attached hydrogens (primary N) is 1. The summed E-state index contributed by atoms with van der Waals surface area (Å²) in [5.41, 5.74) is 5.39. The van der Waals surface area contributed by atoms with Gasteiger partial charge in [-0.05, 0) is 19.9 Å². The number of rotatable bonds is 6. The molecule has 1 rings (SSSR count). The highest BCUT2D eigenvalue weighted by Gasteiger charge is 2.59. The molecule has 0 amide bonds. The van der Waals surface area contributed by atoms with Gasteiger partial charge in [0, 0.05) is 24.1 Å². The fraction of sp³-hybridized carbons (Fsp3) is 1.00. The zero-order valence-electron chi connectivity index (χ0n) is 12.2. The molecule has 2 atom stereocenters. The second-order valence-corrected chi connectivity index (χ2v) is 5.94. The standard InChI is InChI=1S/C13H25F3N2O/c1-5-18(9-13(14,15)16)8-12(17)7-10(19-6-2)11(12,3)4/h10H,5-9,17H2,1-4H3. The molecule has 0 aromatic carbocycles. The summed E-state index contributed by atoms with van der Waals surface area (Å²) in [5, 5.41) is 0. The van der Waals surface area contributed by atoms with Crippen LogP contribution >= 0.6 is 0 Å². The van der Waals surface area contributed by atoms with Crippen LogP contribution in [-0.4, -0.2) is 49.0 Å². The van der Waals surface area contributed by atoms with E-state index in [1.807, 2.05) is 20.8 Å². The van der Waals surface area contributed by atoms with E-state index >= 15 is 0 Å². The highest BCUT2D eigenvalue weighted by Crippen LogP contribution is 2.50. The maximum Gasteiger partial charge on any atom is 0.401 e. The van der Waals surface area contributed by atoms with Gasteiger partial charge >= 0.3 is 6.18 Å². The van der Waals surface area contributed by atoms with Gasteiger partial charge in [0.25, 0.3) is 0 Å². The predicted octanol–water partition coefficient (Wildman–Crippen LogP) is 2.40. The van der Waals surface area contributed by atoms with E-state index in [-0.39, 0.29) is 18.1 Å². The van der Waals surface area contributed by atoms with Gasteiger partial charge in [-0.25, -0.2) is 0 Å². The predicted molar refractivity (Wildman–Crippen MR) is 68.9 cm³/mol. The zero-order valence-corrected chi connectivity index (χ0v) is 12.2. The fourth-order valence-electron chi connectivity index (χ4n) is 2.71. The maximum atomic E-state index is 12.5. The van der Waals surface area contributed by atoms with Crippen molar-refractivity contribution >= 4 is 0 Å². The van der Waals surface area contributed by atoms with Crippen molar-refractivity contribution in [2.75, 3.05) is 26.2 Å². The minimum Gasteiger partial charge on any atom is -0.378 e. The van der Waals surface area contributed by atoms with Crippen LogP contribution in [0, 0.1) is 5.41 Å². The van der Waals surface area contributed by atoms with E-state index in [1.165, 1.54) is 4.90 Å². The summed E-state index contributed by atoms with van der Waals surface area (Å²) in [5.74, 6) is 0. The van der Waals surface area contributed by atoms with Gasteiger partial charge in [-0.15, -0.1) is 0 Å². The first kappa shape index (κ1) is 16.7. The molecule has 2 unspecified atom stereocenters. The second kappa shape index (κ2) is 5.58. The van der Waals surface area contributed by atoms with Crippen LogP contribution < -0.4 is 5.73 Å². The Morgan fingerprint density at radius 3 is 2.26 bits per heavy atom. The molecule has 0 aromatic rings. The topological polar surface area (TPSA) is 38.5 Å². The van der Waals surface area contributed by atoms with Crippen LogP contribution in [0.5, 0.6) is 0 Å². The van der Waals surface area contributed by atoms with Gasteiger partial charge < -0.3 is 10.5 Å². The molecule has 0 aromatic heterocycles. The van der Waals surface area contributed by atoms with Crippen LogP contribution in [0.25, 0.3) is 0 Å². The van der Waals surface area contributed by atoms with Gasteiger partial charge in [-0.1, -0.05) is 20.8 Å². The summed E-state index contributed by atoms with van der Waals surface area (Å²) in [6, 6.07) is 0. The van der Waals surface area contributed by atoms with Crippen molar-refractivity contribution < 1.29 is 17.9 Å². The Bertz CT molecular complexity index is 307. The molecule has 1 aliphatic rings. The van der Waals surface area contributed by atoms with Gasteiger partial charge in [0.05, 0.1) is 12.6 Å². The van der Waals surface area contributed by atoms with Crippen molar-refractivity contribution in [2.45, 2.75) is 51.9 Å². The Hall–Kier alpha value is -0.330. The summed E-state index contributed by atoms with van der Waals surface area (Å²) in [6.45, 7) is 7.86. The van der Waals surface area contributed by atoms with E-state index in [0.29, 0.717) is 19.6 Å². The van der Waals surface area contributed by atoms with E-state index < -0.39 is 18.3 Å². The van der Waals surface area contributed by atoms with Crippen LogP contribution in [-0.2, 0) is 4.74 Å². The molecule has 0 heterocycles. The van der Waals surface area contributed by atoms with Crippen LogP contribution in [0.2, 0.25) is 0 Å². The minimum atomic E-state index is -4.18. The molecule has 3 nitrogen and oxygen atoms in total. The van der Waals surface area contributed by atoms with E-state index in [0.717, 1.165) is 0 Å². The molecule has 0 saturated heterocycles. The lowest BCUT2D eigenvalue weighted by atomic mass is 9.54. The van der Waals surface area contributed by atoms with Crippen molar-refractivity contribution in [2.24, 2.45) is 11.1 Å². The average Bonchev–Trinajstić information content (AvgIpc) is 2.26. The largest absolute Gasteiger partial charge is 0.401 e. The monoisotopic (exact) mass is 282 g/mol. The normalized spacial score (nSPS) is 30.5. The fourth-order valence-corrected chi connectivity index (χ4v) is 2.71. The first-order valence-corrected chi connectivity index (χ1v) is 6.75. The van der Waals surface area contributed by atoms with Crippen LogP contribution in [0.3, 0.4) is 0 Å². The summed E-state index contributed by atoms with van der Waals surface area (Å²) in [6.07, 6.45) is -3.53. The van der Waals surface area contributed by atoms with Gasteiger partial charge in [-0.3, -0.25) is 4.90 Å². The molecule has 0 radical (unpaired) electrons. The highest BCUT2D eigenvalue weighted by molar-refractivity contribution is 5.14. The third-order valence-corrected chi connectivity index (χ3v) is 4.36. The first-order valence-electron chi connectivity index (χ1n) is 6.75. The molecule has 0 spiro atoms. The van der Waals surface area contributed by atoms with Crippen molar-refractivity contribution in [1.82, 2.24) is 4.90 Å². The Balaban J connectivity index is 2.65. The molecule has 1 aliphatic carbocycles. The zero-order chi connectivity index (χ0) is 14.9. The first-order chi connectivity index (χ1) is 8.55. The smallest absolute Gasteiger partial charge is 0.378 e. The molecule has 2 N–H and O–H groups in total. The van der Waals surface area contributed by atoms with E-state index in [1.54, 1.807) is 6.92 Å². The lowest BCUT2D eigenvalue weighted by molar-refractivity contribution is -0.174. The molecule has 6 heteroatoms.